The summed E-state index contributed by atoms with van der Waals surface area (Å²) in [5, 5.41) is 19.6. The zero-order valence-corrected chi connectivity index (χ0v) is 17.7. The summed E-state index contributed by atoms with van der Waals surface area (Å²) < 4.78 is 23.0. The van der Waals surface area contributed by atoms with Crippen molar-refractivity contribution in [3.63, 3.8) is 0 Å². The number of carbonyl (C=O) groups is 1. The van der Waals surface area contributed by atoms with Crippen molar-refractivity contribution in [2.45, 2.75) is 83.2 Å². The molecule has 7 nitrogen and oxygen atoms in total. The van der Waals surface area contributed by atoms with Crippen LogP contribution in [0.4, 0.5) is 0 Å². The minimum atomic E-state index is -0.770. The molecule has 4 atom stereocenters. The normalized spacial score (nSPS) is 30.2. The number of hydrogen-bond donors (Lipinski definition) is 2. The van der Waals surface area contributed by atoms with E-state index in [0.717, 1.165) is 38.7 Å². The number of carboxylic acid groups (broad SMARTS) is 1. The zero-order valence-electron chi connectivity index (χ0n) is 17.7. The van der Waals surface area contributed by atoms with Crippen molar-refractivity contribution in [2.75, 3.05) is 33.0 Å². The lowest BCUT2D eigenvalue weighted by Gasteiger charge is -2.32. The molecule has 1 heterocycles. The lowest BCUT2D eigenvalue weighted by atomic mass is 9.81. The first-order valence-corrected chi connectivity index (χ1v) is 11.0. The van der Waals surface area contributed by atoms with Gasteiger partial charge in [-0.3, -0.25) is 4.79 Å². The smallest absolute Gasteiger partial charge is 0.303 e. The number of carboxylic acids is 1. The average Bonchev–Trinajstić information content (AvgIpc) is 3.00. The Kier molecular flexibility index (Phi) is 11.2. The number of aliphatic carboxylic acids is 1. The molecule has 0 aromatic rings. The first kappa shape index (κ1) is 24.3. The Balaban J connectivity index is 1.88. The van der Waals surface area contributed by atoms with Gasteiger partial charge in [0.1, 0.15) is 0 Å². The van der Waals surface area contributed by atoms with E-state index in [4.69, 9.17) is 24.1 Å². The molecule has 0 radical (unpaired) electrons. The van der Waals surface area contributed by atoms with Gasteiger partial charge in [0.25, 0.3) is 0 Å². The van der Waals surface area contributed by atoms with Crippen molar-refractivity contribution in [1.29, 1.82) is 0 Å². The Morgan fingerprint density at radius 3 is 2.79 bits per heavy atom. The van der Waals surface area contributed by atoms with Crippen LogP contribution in [0.3, 0.4) is 0 Å². The van der Waals surface area contributed by atoms with Gasteiger partial charge in [0.15, 0.2) is 6.29 Å². The highest BCUT2D eigenvalue weighted by Crippen LogP contribution is 2.44. The van der Waals surface area contributed by atoms with Gasteiger partial charge in [0, 0.05) is 31.5 Å². The highest BCUT2D eigenvalue weighted by atomic mass is 16.7. The molecule has 1 aliphatic heterocycles. The highest BCUT2D eigenvalue weighted by Gasteiger charge is 2.47. The lowest BCUT2D eigenvalue weighted by Crippen LogP contribution is -2.35. The Labute approximate surface area is 174 Å². The maximum Gasteiger partial charge on any atom is 0.303 e. The molecule has 2 fully saturated rings. The molecule has 2 aliphatic rings. The van der Waals surface area contributed by atoms with E-state index in [0.29, 0.717) is 45.7 Å². The third kappa shape index (κ3) is 8.72. The summed E-state index contributed by atoms with van der Waals surface area (Å²) in [4.78, 5) is 10.6. The molecule has 1 saturated heterocycles. The minimum absolute atomic E-state index is 0.0380. The topological polar surface area (TPSA) is 94.5 Å². The second kappa shape index (κ2) is 13.3. The summed E-state index contributed by atoms with van der Waals surface area (Å²) in [5.74, 6) is -0.770. The maximum atomic E-state index is 10.9. The van der Waals surface area contributed by atoms with E-state index >= 15 is 0 Å². The monoisotopic (exact) mass is 414 g/mol. The lowest BCUT2D eigenvalue weighted by molar-refractivity contribution is -0.188. The first-order chi connectivity index (χ1) is 14.1. The van der Waals surface area contributed by atoms with Gasteiger partial charge in [-0.15, -0.1) is 0 Å². The molecule has 7 heteroatoms. The number of aliphatic hydroxyl groups excluding tert-OH is 1. The molecule has 0 bridgehead atoms. The molecule has 2 rings (SSSR count). The molecule has 1 saturated carbocycles. The first-order valence-electron chi connectivity index (χ1n) is 11.0. The van der Waals surface area contributed by atoms with Gasteiger partial charge in [-0.05, 0) is 51.9 Å². The summed E-state index contributed by atoms with van der Waals surface area (Å²) in [6.45, 7) is 4.85. The molecule has 29 heavy (non-hydrogen) atoms. The van der Waals surface area contributed by atoms with E-state index in [-0.39, 0.29) is 18.8 Å². The number of aliphatic hydroxyl groups is 1. The van der Waals surface area contributed by atoms with Crippen molar-refractivity contribution < 1.29 is 34.0 Å². The quantitative estimate of drug-likeness (QED) is 0.333. The van der Waals surface area contributed by atoms with Gasteiger partial charge >= 0.3 is 5.97 Å². The van der Waals surface area contributed by atoms with Crippen LogP contribution in [0.2, 0.25) is 0 Å². The summed E-state index contributed by atoms with van der Waals surface area (Å²) in [5.41, 5.74) is -0.394. The standard InChI is InChI=1S/C22H38O7/c1-2-26-13-14-27-17-22(11-7-4-3-5-9-20(24)25)16-18(15-19(22)23)29-21-10-6-8-12-28-21/h4,7,18-19,21,23H,2-3,5-6,8-17H2,1H3,(H,24,25)/t18-,19+,21?,22+/m0/s1. The van der Waals surface area contributed by atoms with Crippen LogP contribution < -0.4 is 0 Å². The second-order valence-corrected chi connectivity index (χ2v) is 8.08. The largest absolute Gasteiger partial charge is 0.481 e. The van der Waals surface area contributed by atoms with Gasteiger partial charge < -0.3 is 29.2 Å². The Hall–Kier alpha value is -0.990. The third-order valence-corrected chi connectivity index (χ3v) is 5.73. The Bertz CT molecular complexity index is 490. The van der Waals surface area contributed by atoms with Crippen molar-refractivity contribution in [1.82, 2.24) is 0 Å². The molecular weight excluding hydrogens is 376 g/mol. The van der Waals surface area contributed by atoms with Gasteiger partial charge in [0.2, 0.25) is 0 Å². The van der Waals surface area contributed by atoms with Crippen LogP contribution in [0.5, 0.6) is 0 Å². The molecule has 1 aliphatic carbocycles. The molecule has 0 spiro atoms. The fourth-order valence-corrected chi connectivity index (χ4v) is 4.09. The highest BCUT2D eigenvalue weighted by molar-refractivity contribution is 5.66. The van der Waals surface area contributed by atoms with Gasteiger partial charge in [-0.25, -0.2) is 0 Å². The minimum Gasteiger partial charge on any atom is -0.481 e. The van der Waals surface area contributed by atoms with E-state index in [1.54, 1.807) is 0 Å². The summed E-state index contributed by atoms with van der Waals surface area (Å²) >= 11 is 0. The third-order valence-electron chi connectivity index (χ3n) is 5.73. The number of hydrogen-bond acceptors (Lipinski definition) is 6. The van der Waals surface area contributed by atoms with Crippen molar-refractivity contribution in [3.8, 4) is 0 Å². The van der Waals surface area contributed by atoms with E-state index in [9.17, 15) is 9.90 Å². The van der Waals surface area contributed by atoms with E-state index in [2.05, 4.69) is 6.08 Å². The SMILES string of the molecule is CCOCCOC[C@@]1(CC=CCCCC(=O)O)C[C@@H](OC2CCCCO2)C[C@H]1O. The van der Waals surface area contributed by atoms with Crippen LogP contribution >= 0.6 is 0 Å². The summed E-state index contributed by atoms with van der Waals surface area (Å²) in [7, 11) is 0. The molecule has 2 N–H and O–H groups in total. The fraction of sp³-hybridized carbons (Fsp3) is 0.864. The predicted molar refractivity (Wildman–Crippen MR) is 109 cm³/mol. The average molecular weight is 415 g/mol. The van der Waals surface area contributed by atoms with Gasteiger partial charge in [0.05, 0.1) is 32.0 Å². The number of allylic oxidation sites excluding steroid dienone is 2. The second-order valence-electron chi connectivity index (χ2n) is 8.08. The van der Waals surface area contributed by atoms with Crippen molar-refractivity contribution in [2.24, 2.45) is 5.41 Å². The van der Waals surface area contributed by atoms with Crippen LogP contribution in [0, 0.1) is 5.41 Å². The van der Waals surface area contributed by atoms with Crippen LogP contribution in [0.25, 0.3) is 0 Å². The zero-order chi connectivity index (χ0) is 21.0. The van der Waals surface area contributed by atoms with Crippen LogP contribution in [0.15, 0.2) is 12.2 Å². The van der Waals surface area contributed by atoms with Gasteiger partial charge in [-0.1, -0.05) is 12.2 Å². The van der Waals surface area contributed by atoms with Crippen molar-refractivity contribution in [3.05, 3.63) is 12.2 Å². The molecule has 0 aromatic carbocycles. The number of ether oxygens (including phenoxy) is 4. The van der Waals surface area contributed by atoms with E-state index in [1.807, 2.05) is 13.0 Å². The molecule has 0 aromatic heterocycles. The Morgan fingerprint density at radius 2 is 2.07 bits per heavy atom. The van der Waals surface area contributed by atoms with E-state index in [1.165, 1.54) is 0 Å². The number of rotatable bonds is 14. The van der Waals surface area contributed by atoms with Crippen LogP contribution in [0.1, 0.15) is 64.7 Å². The molecule has 0 amide bonds. The maximum absolute atomic E-state index is 10.9. The van der Waals surface area contributed by atoms with Crippen LogP contribution in [-0.4, -0.2) is 67.7 Å². The Morgan fingerprint density at radius 1 is 1.24 bits per heavy atom. The summed E-state index contributed by atoms with van der Waals surface area (Å²) in [6.07, 6.45) is 9.97. The predicted octanol–water partition coefficient (Wildman–Crippen LogP) is 3.29. The molecular formula is C22H38O7. The molecule has 1 unspecified atom stereocenters. The number of unbranched alkanes of at least 4 members (excludes halogenated alkanes) is 1. The molecule has 168 valence electrons. The van der Waals surface area contributed by atoms with E-state index < -0.39 is 17.5 Å². The van der Waals surface area contributed by atoms with Crippen molar-refractivity contribution >= 4 is 5.97 Å². The summed E-state index contributed by atoms with van der Waals surface area (Å²) in [6, 6.07) is 0. The fourth-order valence-electron chi connectivity index (χ4n) is 4.09. The van der Waals surface area contributed by atoms with Crippen LogP contribution in [-0.2, 0) is 23.7 Å². The van der Waals surface area contributed by atoms with Gasteiger partial charge in [-0.2, -0.15) is 0 Å².